The number of nitriles is 1. The average Bonchev–Trinajstić information content (AvgIpc) is 2.26. The van der Waals surface area contributed by atoms with Crippen LogP contribution in [0.5, 0.6) is 0 Å². The Bertz CT molecular complexity index is 591. The van der Waals surface area contributed by atoms with Gasteiger partial charge >= 0.3 is 0 Å². The lowest BCUT2D eigenvalue weighted by atomic mass is 10.2. The van der Waals surface area contributed by atoms with Crippen molar-refractivity contribution in [3.63, 3.8) is 0 Å². The average molecular weight is 249 g/mol. The number of nitrogens with zero attached hydrogens (tertiary/aromatic N) is 1. The highest BCUT2D eigenvalue weighted by Crippen LogP contribution is 2.11. The van der Waals surface area contributed by atoms with Gasteiger partial charge in [0.05, 0.1) is 12.6 Å². The first-order chi connectivity index (χ1) is 8.07. The van der Waals surface area contributed by atoms with Gasteiger partial charge in [-0.2, -0.15) is 5.26 Å². The van der Waals surface area contributed by atoms with Gasteiger partial charge in [-0.3, -0.25) is 4.72 Å². The fourth-order valence-corrected chi connectivity index (χ4v) is 1.84. The maximum Gasteiger partial charge on any atom is 0.246 e. The Morgan fingerprint density at radius 2 is 2.18 bits per heavy atom. The first-order valence-corrected chi connectivity index (χ1v) is 6.39. The van der Waals surface area contributed by atoms with Crippen molar-refractivity contribution in [3.05, 3.63) is 29.8 Å². The smallest absolute Gasteiger partial charge is 0.246 e. The molecule has 0 saturated carbocycles. The van der Waals surface area contributed by atoms with E-state index >= 15 is 0 Å². The van der Waals surface area contributed by atoms with Gasteiger partial charge in [0.1, 0.15) is 0 Å². The molecule has 0 bridgehead atoms. The monoisotopic (exact) mass is 249 g/mol. The van der Waals surface area contributed by atoms with Crippen LogP contribution >= 0.6 is 0 Å². The van der Waals surface area contributed by atoms with Crippen LogP contribution in [0.4, 0.5) is 5.69 Å². The van der Waals surface area contributed by atoms with E-state index in [1.165, 1.54) is 0 Å². The van der Waals surface area contributed by atoms with Crippen molar-refractivity contribution in [1.82, 2.24) is 0 Å². The third kappa shape index (κ3) is 4.56. The molecule has 17 heavy (non-hydrogen) atoms. The second kappa shape index (κ2) is 5.90. The fraction of sp³-hybridized carbons (Fsp3) is 0.182. The summed E-state index contributed by atoms with van der Waals surface area (Å²) < 4.78 is 25.0. The molecule has 0 unspecified atom stereocenters. The number of hydrogen-bond donors (Lipinski definition) is 2. The first kappa shape index (κ1) is 13.0. The predicted octanol–water partition coefficient (Wildman–Crippen LogP) is 0.262. The number of nitrogens with two attached hydrogens (primary N) is 1. The molecule has 0 radical (unpaired) electrons. The zero-order valence-corrected chi connectivity index (χ0v) is 9.79. The highest BCUT2D eigenvalue weighted by atomic mass is 32.2. The molecule has 1 aromatic carbocycles. The van der Waals surface area contributed by atoms with Gasteiger partial charge in [0.25, 0.3) is 0 Å². The van der Waals surface area contributed by atoms with Crippen LogP contribution in [-0.4, -0.2) is 20.7 Å². The molecule has 1 rings (SSSR count). The minimum atomic E-state index is -3.61. The summed E-state index contributed by atoms with van der Waals surface area (Å²) in [6, 6.07) is 8.16. The molecule has 88 valence electrons. The van der Waals surface area contributed by atoms with E-state index in [1.807, 2.05) is 0 Å². The third-order valence-electron chi connectivity index (χ3n) is 1.73. The molecule has 0 saturated heterocycles. The van der Waals surface area contributed by atoms with Crippen LogP contribution in [0.3, 0.4) is 0 Å². The second-order valence-electron chi connectivity index (χ2n) is 3.11. The molecule has 0 aliphatic carbocycles. The van der Waals surface area contributed by atoms with E-state index in [2.05, 4.69) is 16.6 Å². The largest absolute Gasteiger partial charge is 0.320 e. The Morgan fingerprint density at radius 3 is 2.82 bits per heavy atom. The predicted molar refractivity (Wildman–Crippen MR) is 65.4 cm³/mol. The molecule has 0 aliphatic rings. The van der Waals surface area contributed by atoms with Crippen molar-refractivity contribution in [2.24, 2.45) is 5.73 Å². The minimum Gasteiger partial charge on any atom is -0.320 e. The van der Waals surface area contributed by atoms with Crippen molar-refractivity contribution >= 4 is 15.7 Å². The maximum absolute atomic E-state index is 11.3. The quantitative estimate of drug-likeness (QED) is 0.751. The molecule has 0 aliphatic heterocycles. The van der Waals surface area contributed by atoms with E-state index in [0.717, 1.165) is 0 Å². The summed E-state index contributed by atoms with van der Waals surface area (Å²) in [7, 11) is -3.61. The van der Waals surface area contributed by atoms with E-state index in [0.29, 0.717) is 11.3 Å². The Morgan fingerprint density at radius 1 is 1.41 bits per heavy atom. The van der Waals surface area contributed by atoms with Crippen molar-refractivity contribution in [1.29, 1.82) is 5.26 Å². The number of sulfonamides is 1. The lowest BCUT2D eigenvalue weighted by Gasteiger charge is -2.04. The molecule has 5 nitrogen and oxygen atoms in total. The van der Waals surface area contributed by atoms with Crippen LogP contribution in [0.2, 0.25) is 0 Å². The van der Waals surface area contributed by atoms with Crippen LogP contribution in [0.25, 0.3) is 0 Å². The SMILES string of the molecule is N#CCS(=O)(=O)Nc1cccc(C#CCN)c1. The Kier molecular flexibility index (Phi) is 4.53. The lowest BCUT2D eigenvalue weighted by molar-refractivity contribution is 0.604. The molecule has 1 aromatic rings. The van der Waals surface area contributed by atoms with Gasteiger partial charge < -0.3 is 5.73 Å². The Balaban J connectivity index is 2.91. The minimum absolute atomic E-state index is 0.240. The van der Waals surface area contributed by atoms with Crippen LogP contribution < -0.4 is 10.5 Å². The highest BCUT2D eigenvalue weighted by Gasteiger charge is 2.08. The molecule has 0 spiro atoms. The van der Waals surface area contributed by atoms with E-state index in [9.17, 15) is 8.42 Å². The van der Waals surface area contributed by atoms with Crippen molar-refractivity contribution in [2.45, 2.75) is 0 Å². The van der Waals surface area contributed by atoms with Gasteiger partial charge in [0.2, 0.25) is 10.0 Å². The zero-order valence-electron chi connectivity index (χ0n) is 8.97. The van der Waals surface area contributed by atoms with Gasteiger partial charge in [0.15, 0.2) is 5.75 Å². The second-order valence-corrected chi connectivity index (χ2v) is 4.83. The summed E-state index contributed by atoms with van der Waals surface area (Å²) in [6.07, 6.45) is 0. The molecular weight excluding hydrogens is 238 g/mol. The zero-order chi connectivity index (χ0) is 12.7. The van der Waals surface area contributed by atoms with E-state index in [-0.39, 0.29) is 6.54 Å². The topological polar surface area (TPSA) is 96.0 Å². The van der Waals surface area contributed by atoms with Crippen LogP contribution in [0.15, 0.2) is 24.3 Å². The van der Waals surface area contributed by atoms with E-state index in [4.69, 9.17) is 11.0 Å². The summed E-state index contributed by atoms with van der Waals surface area (Å²) in [5.41, 5.74) is 6.27. The van der Waals surface area contributed by atoms with Gasteiger partial charge in [-0.25, -0.2) is 8.42 Å². The van der Waals surface area contributed by atoms with Gasteiger partial charge in [-0.05, 0) is 18.2 Å². The summed E-state index contributed by atoms with van der Waals surface area (Å²) in [5.74, 6) is 4.88. The molecule has 0 atom stereocenters. The van der Waals surface area contributed by atoms with E-state index in [1.54, 1.807) is 30.3 Å². The van der Waals surface area contributed by atoms with Crippen molar-refractivity contribution in [3.8, 4) is 17.9 Å². The molecule has 0 amide bonds. The Labute approximate surface area is 100 Å². The summed E-state index contributed by atoms with van der Waals surface area (Å²) in [6.45, 7) is 0.240. The molecular formula is C11H11N3O2S. The number of rotatable bonds is 3. The number of hydrogen-bond acceptors (Lipinski definition) is 4. The summed E-state index contributed by atoms with van der Waals surface area (Å²) in [4.78, 5) is 0. The first-order valence-electron chi connectivity index (χ1n) is 4.74. The fourth-order valence-electron chi connectivity index (χ4n) is 1.11. The van der Waals surface area contributed by atoms with Gasteiger partial charge in [0, 0.05) is 11.3 Å². The number of benzene rings is 1. The molecule has 3 N–H and O–H groups in total. The van der Waals surface area contributed by atoms with Gasteiger partial charge in [-0.1, -0.05) is 17.9 Å². The van der Waals surface area contributed by atoms with Crippen molar-refractivity contribution < 1.29 is 8.42 Å². The summed E-state index contributed by atoms with van der Waals surface area (Å²) >= 11 is 0. The standard InChI is InChI=1S/C11H11N3O2S/c12-6-2-4-10-3-1-5-11(9-10)14-17(15,16)8-7-13/h1,3,5,9,14H,6,8,12H2. The Hall–Kier alpha value is -2.02. The van der Waals surface area contributed by atoms with Crippen molar-refractivity contribution in [2.75, 3.05) is 17.0 Å². The van der Waals surface area contributed by atoms with Crippen LogP contribution in [0.1, 0.15) is 5.56 Å². The van der Waals surface area contributed by atoms with Crippen LogP contribution in [0, 0.1) is 23.2 Å². The molecule has 0 aromatic heterocycles. The highest BCUT2D eigenvalue weighted by molar-refractivity contribution is 7.92. The molecule has 0 heterocycles. The van der Waals surface area contributed by atoms with Gasteiger partial charge in [-0.15, -0.1) is 0 Å². The number of nitrogens with one attached hydrogen (secondary N) is 1. The maximum atomic E-state index is 11.3. The number of anilines is 1. The van der Waals surface area contributed by atoms with Crippen LogP contribution in [-0.2, 0) is 10.0 Å². The molecule has 0 fully saturated rings. The summed E-state index contributed by atoms with van der Waals surface area (Å²) in [5, 5.41) is 8.35. The normalized spacial score (nSPS) is 9.88. The lowest BCUT2D eigenvalue weighted by Crippen LogP contribution is -2.15. The third-order valence-corrected chi connectivity index (χ3v) is 2.78. The molecule has 6 heteroatoms. The van der Waals surface area contributed by atoms with E-state index < -0.39 is 15.8 Å².